The molecule has 4 heteroatoms. The molecular weight excluding hydrogens is 236 g/mol. The quantitative estimate of drug-likeness (QED) is 0.882. The van der Waals surface area contributed by atoms with Gasteiger partial charge in [0.05, 0.1) is 17.6 Å². The standard InChI is InChI=1S/C15H26N4/c1-4-19-9-5-6-14(19)11-18(3)13-7-8-15(12(2)16)17-10-13/h7-8,10,12,14H,4-6,9,11,16H2,1-3H3/t12-,14?/m0/s1. The highest BCUT2D eigenvalue weighted by Crippen LogP contribution is 2.20. The SMILES string of the molecule is CCN1CCCC1CN(C)c1ccc([C@H](C)N)nc1. The molecule has 1 aromatic rings. The van der Waals surface area contributed by atoms with Crippen LogP contribution in [-0.4, -0.2) is 42.6 Å². The van der Waals surface area contributed by atoms with E-state index in [4.69, 9.17) is 5.73 Å². The van der Waals surface area contributed by atoms with Crippen molar-refractivity contribution in [1.82, 2.24) is 9.88 Å². The molecule has 1 aliphatic rings. The molecule has 2 rings (SSSR count). The van der Waals surface area contributed by atoms with Crippen molar-refractivity contribution in [2.75, 3.05) is 31.6 Å². The Morgan fingerprint density at radius 1 is 1.53 bits per heavy atom. The fourth-order valence-corrected chi connectivity index (χ4v) is 2.83. The first-order valence-corrected chi connectivity index (χ1v) is 7.28. The first-order valence-electron chi connectivity index (χ1n) is 7.28. The Labute approximate surface area is 116 Å². The van der Waals surface area contributed by atoms with Crippen molar-refractivity contribution in [3.05, 3.63) is 24.0 Å². The van der Waals surface area contributed by atoms with Gasteiger partial charge in [-0.05, 0) is 45.0 Å². The molecule has 1 aliphatic heterocycles. The molecule has 106 valence electrons. The van der Waals surface area contributed by atoms with Crippen molar-refractivity contribution < 1.29 is 0 Å². The van der Waals surface area contributed by atoms with Gasteiger partial charge in [-0.25, -0.2) is 0 Å². The van der Waals surface area contributed by atoms with Gasteiger partial charge in [-0.3, -0.25) is 9.88 Å². The molecule has 1 aromatic heterocycles. The molecule has 0 saturated carbocycles. The lowest BCUT2D eigenvalue weighted by Crippen LogP contribution is -2.38. The van der Waals surface area contributed by atoms with Gasteiger partial charge >= 0.3 is 0 Å². The van der Waals surface area contributed by atoms with Crippen LogP contribution in [0.25, 0.3) is 0 Å². The van der Waals surface area contributed by atoms with Crippen LogP contribution in [0, 0.1) is 0 Å². The third-order valence-corrected chi connectivity index (χ3v) is 4.07. The Kier molecular flexibility index (Phi) is 4.77. The number of rotatable bonds is 5. The van der Waals surface area contributed by atoms with Crippen LogP contribution < -0.4 is 10.6 Å². The average Bonchev–Trinajstić information content (AvgIpc) is 2.86. The second-order valence-electron chi connectivity index (χ2n) is 5.54. The van der Waals surface area contributed by atoms with Crippen LogP contribution in [0.4, 0.5) is 5.69 Å². The zero-order chi connectivity index (χ0) is 13.8. The Bertz CT molecular complexity index is 388. The minimum Gasteiger partial charge on any atom is -0.372 e. The molecule has 1 saturated heterocycles. The van der Waals surface area contributed by atoms with E-state index in [1.165, 1.54) is 25.1 Å². The van der Waals surface area contributed by atoms with E-state index >= 15 is 0 Å². The summed E-state index contributed by atoms with van der Waals surface area (Å²) in [7, 11) is 2.15. The number of likely N-dealkylation sites (tertiary alicyclic amines) is 1. The number of likely N-dealkylation sites (N-methyl/N-ethyl adjacent to an activating group) is 2. The van der Waals surface area contributed by atoms with Crippen LogP contribution in [0.2, 0.25) is 0 Å². The van der Waals surface area contributed by atoms with E-state index in [0.29, 0.717) is 6.04 Å². The van der Waals surface area contributed by atoms with Gasteiger partial charge in [-0.1, -0.05) is 6.92 Å². The third-order valence-electron chi connectivity index (χ3n) is 4.07. The summed E-state index contributed by atoms with van der Waals surface area (Å²) in [6, 6.07) is 4.84. The fourth-order valence-electron chi connectivity index (χ4n) is 2.83. The van der Waals surface area contributed by atoms with Crippen molar-refractivity contribution >= 4 is 5.69 Å². The van der Waals surface area contributed by atoms with Crippen molar-refractivity contribution in [2.24, 2.45) is 5.73 Å². The maximum atomic E-state index is 5.83. The first-order chi connectivity index (χ1) is 9.11. The molecule has 4 nitrogen and oxygen atoms in total. The summed E-state index contributed by atoms with van der Waals surface area (Å²) in [5.41, 5.74) is 7.95. The van der Waals surface area contributed by atoms with Gasteiger partial charge in [0, 0.05) is 25.7 Å². The van der Waals surface area contributed by atoms with E-state index in [-0.39, 0.29) is 6.04 Å². The van der Waals surface area contributed by atoms with Crippen molar-refractivity contribution in [2.45, 2.75) is 38.8 Å². The topological polar surface area (TPSA) is 45.4 Å². The van der Waals surface area contributed by atoms with Crippen LogP contribution in [0.15, 0.2) is 18.3 Å². The predicted octanol–water partition coefficient (Wildman–Crippen LogP) is 2.02. The highest BCUT2D eigenvalue weighted by atomic mass is 15.2. The minimum atomic E-state index is 0.00442. The summed E-state index contributed by atoms with van der Waals surface area (Å²) in [5, 5.41) is 0. The van der Waals surface area contributed by atoms with Gasteiger partial charge in [0.2, 0.25) is 0 Å². The molecule has 1 fully saturated rings. The number of hydrogen-bond donors (Lipinski definition) is 1. The van der Waals surface area contributed by atoms with Gasteiger partial charge in [0.1, 0.15) is 0 Å². The fraction of sp³-hybridized carbons (Fsp3) is 0.667. The van der Waals surface area contributed by atoms with Gasteiger partial charge in [0.25, 0.3) is 0 Å². The number of aromatic nitrogens is 1. The molecule has 0 bridgehead atoms. The summed E-state index contributed by atoms with van der Waals surface area (Å²) in [4.78, 5) is 9.30. The number of nitrogens with zero attached hydrogens (tertiary/aromatic N) is 3. The van der Waals surface area contributed by atoms with E-state index in [2.05, 4.69) is 34.8 Å². The smallest absolute Gasteiger partial charge is 0.0569 e. The zero-order valence-electron chi connectivity index (χ0n) is 12.3. The second kappa shape index (κ2) is 6.35. The number of anilines is 1. The lowest BCUT2D eigenvalue weighted by Gasteiger charge is -2.29. The second-order valence-corrected chi connectivity index (χ2v) is 5.54. The van der Waals surface area contributed by atoms with Gasteiger partial charge in [0.15, 0.2) is 0 Å². The summed E-state index contributed by atoms with van der Waals surface area (Å²) < 4.78 is 0. The molecular formula is C15H26N4. The van der Waals surface area contributed by atoms with Crippen LogP contribution in [0.5, 0.6) is 0 Å². The number of hydrogen-bond acceptors (Lipinski definition) is 4. The van der Waals surface area contributed by atoms with Gasteiger partial charge < -0.3 is 10.6 Å². The Morgan fingerprint density at radius 2 is 2.32 bits per heavy atom. The van der Waals surface area contributed by atoms with E-state index in [1.807, 2.05) is 19.2 Å². The third kappa shape index (κ3) is 3.45. The molecule has 0 spiro atoms. The van der Waals surface area contributed by atoms with Crippen LogP contribution >= 0.6 is 0 Å². The van der Waals surface area contributed by atoms with E-state index in [0.717, 1.165) is 18.8 Å². The maximum Gasteiger partial charge on any atom is 0.0569 e. The minimum absolute atomic E-state index is 0.00442. The average molecular weight is 262 g/mol. The Hall–Kier alpha value is -1.13. The number of pyridine rings is 1. The van der Waals surface area contributed by atoms with Crippen molar-refractivity contribution in [1.29, 1.82) is 0 Å². The largest absolute Gasteiger partial charge is 0.372 e. The molecule has 0 aliphatic carbocycles. The molecule has 2 N–H and O–H groups in total. The predicted molar refractivity (Wildman–Crippen MR) is 80.4 cm³/mol. The maximum absolute atomic E-state index is 5.83. The van der Waals surface area contributed by atoms with Gasteiger partial charge in [-0.2, -0.15) is 0 Å². The van der Waals surface area contributed by atoms with E-state index in [9.17, 15) is 0 Å². The monoisotopic (exact) mass is 262 g/mol. The van der Waals surface area contributed by atoms with E-state index < -0.39 is 0 Å². The molecule has 0 radical (unpaired) electrons. The summed E-state index contributed by atoms with van der Waals surface area (Å²) >= 11 is 0. The highest BCUT2D eigenvalue weighted by Gasteiger charge is 2.24. The summed E-state index contributed by atoms with van der Waals surface area (Å²) in [5.74, 6) is 0. The molecule has 0 amide bonds. The Balaban J connectivity index is 1.97. The van der Waals surface area contributed by atoms with Gasteiger partial charge in [-0.15, -0.1) is 0 Å². The number of nitrogens with two attached hydrogens (primary N) is 1. The molecule has 2 atom stereocenters. The summed E-state index contributed by atoms with van der Waals surface area (Å²) in [6.07, 6.45) is 4.57. The first kappa shape index (κ1) is 14.3. The Morgan fingerprint density at radius 3 is 2.89 bits per heavy atom. The van der Waals surface area contributed by atoms with Crippen LogP contribution in [0.3, 0.4) is 0 Å². The summed E-state index contributed by atoms with van der Waals surface area (Å²) in [6.45, 7) is 7.69. The van der Waals surface area contributed by atoms with Crippen LogP contribution in [-0.2, 0) is 0 Å². The molecule has 2 heterocycles. The zero-order valence-corrected chi connectivity index (χ0v) is 12.3. The molecule has 0 aromatic carbocycles. The lowest BCUT2D eigenvalue weighted by atomic mass is 10.2. The highest BCUT2D eigenvalue weighted by molar-refractivity contribution is 5.44. The molecule has 1 unspecified atom stereocenters. The normalized spacial score (nSPS) is 21.6. The van der Waals surface area contributed by atoms with E-state index in [1.54, 1.807) is 0 Å². The van der Waals surface area contributed by atoms with Crippen molar-refractivity contribution in [3.8, 4) is 0 Å². The lowest BCUT2D eigenvalue weighted by molar-refractivity contribution is 0.270. The van der Waals surface area contributed by atoms with Crippen LogP contribution in [0.1, 0.15) is 38.4 Å². The molecule has 19 heavy (non-hydrogen) atoms. The van der Waals surface area contributed by atoms with Crippen molar-refractivity contribution in [3.63, 3.8) is 0 Å².